The summed E-state index contributed by atoms with van der Waals surface area (Å²) in [5.74, 6) is -0.245. The van der Waals surface area contributed by atoms with Crippen LogP contribution in [0.25, 0.3) is 0 Å². The van der Waals surface area contributed by atoms with Crippen molar-refractivity contribution in [1.82, 2.24) is 20.2 Å². The molecule has 9 heteroatoms. The van der Waals surface area contributed by atoms with Crippen molar-refractivity contribution in [2.75, 3.05) is 30.8 Å². The van der Waals surface area contributed by atoms with Crippen molar-refractivity contribution in [1.29, 1.82) is 0 Å². The summed E-state index contributed by atoms with van der Waals surface area (Å²) in [5.41, 5.74) is 4.24. The number of hydrogen-bond donors (Lipinski definition) is 3. The van der Waals surface area contributed by atoms with Gasteiger partial charge in [0.1, 0.15) is 10.8 Å². The lowest BCUT2D eigenvalue weighted by Gasteiger charge is -2.25. The van der Waals surface area contributed by atoms with Gasteiger partial charge in [0.15, 0.2) is 5.82 Å². The van der Waals surface area contributed by atoms with Crippen LogP contribution in [0.2, 0.25) is 5.02 Å². The molecule has 3 aromatic rings. The predicted molar refractivity (Wildman–Crippen MR) is 141 cm³/mol. The summed E-state index contributed by atoms with van der Waals surface area (Å²) in [7, 11) is 1.49. The Morgan fingerprint density at radius 3 is 2.61 bits per heavy atom. The van der Waals surface area contributed by atoms with Crippen LogP contribution in [0, 0.1) is 5.82 Å². The summed E-state index contributed by atoms with van der Waals surface area (Å²) >= 11 is 6.33. The zero-order valence-electron chi connectivity index (χ0n) is 20.3. The summed E-state index contributed by atoms with van der Waals surface area (Å²) in [6.45, 7) is 2.47. The summed E-state index contributed by atoms with van der Waals surface area (Å²) in [4.78, 5) is 23.7. The molecule has 1 aliphatic carbocycles. The summed E-state index contributed by atoms with van der Waals surface area (Å²) in [5, 5.41) is 9.12. The van der Waals surface area contributed by atoms with E-state index in [1.807, 2.05) is 0 Å². The van der Waals surface area contributed by atoms with Gasteiger partial charge in [-0.15, -0.1) is 0 Å². The third kappa shape index (κ3) is 5.44. The molecule has 1 amide bonds. The Hall–Kier alpha value is -3.23. The number of fused-ring (bicyclic) bond motifs is 1. The largest absolute Gasteiger partial charge is 0.355 e. The molecular formula is C27H30ClFN6O. The second-order valence-corrected chi connectivity index (χ2v) is 9.77. The molecule has 0 spiro atoms. The highest BCUT2D eigenvalue weighted by Crippen LogP contribution is 2.30. The number of amides is 1. The quantitative estimate of drug-likeness (QED) is 0.384. The van der Waals surface area contributed by atoms with E-state index in [9.17, 15) is 9.18 Å². The van der Waals surface area contributed by atoms with Crippen LogP contribution >= 0.6 is 11.6 Å². The van der Waals surface area contributed by atoms with E-state index in [1.165, 1.54) is 81.3 Å². The van der Waals surface area contributed by atoms with E-state index < -0.39 is 11.7 Å². The van der Waals surface area contributed by atoms with Gasteiger partial charge in [-0.2, -0.15) is 4.98 Å². The topological polar surface area (TPSA) is 82.2 Å². The lowest BCUT2D eigenvalue weighted by Crippen LogP contribution is -2.32. The SMILES string of the molecule is CNC(=O)c1cc(F)ccc1Nc1nc(Nc2ccc3c(c2)CC[C@@H](N2CCCC2)CC3)ncc1Cl. The molecule has 188 valence electrons. The van der Waals surface area contributed by atoms with Crippen molar-refractivity contribution in [2.24, 2.45) is 0 Å². The number of benzene rings is 2. The highest BCUT2D eigenvalue weighted by molar-refractivity contribution is 6.33. The van der Waals surface area contributed by atoms with Crippen molar-refractivity contribution in [3.63, 3.8) is 0 Å². The van der Waals surface area contributed by atoms with Crippen molar-refractivity contribution in [3.8, 4) is 0 Å². The molecule has 1 fully saturated rings. The maximum Gasteiger partial charge on any atom is 0.253 e. The van der Waals surface area contributed by atoms with E-state index in [2.05, 4.69) is 49.0 Å². The van der Waals surface area contributed by atoms with E-state index >= 15 is 0 Å². The minimum absolute atomic E-state index is 0.152. The highest BCUT2D eigenvalue weighted by Gasteiger charge is 2.24. The second kappa shape index (κ2) is 10.8. The number of hydrogen-bond acceptors (Lipinski definition) is 6. The lowest BCUT2D eigenvalue weighted by molar-refractivity contribution is 0.0963. The van der Waals surface area contributed by atoms with Crippen LogP contribution in [-0.2, 0) is 12.8 Å². The fraction of sp³-hybridized carbons (Fsp3) is 0.370. The van der Waals surface area contributed by atoms with Gasteiger partial charge in [0, 0.05) is 18.8 Å². The van der Waals surface area contributed by atoms with Gasteiger partial charge < -0.3 is 20.9 Å². The number of aryl methyl sites for hydroxylation is 2. The highest BCUT2D eigenvalue weighted by atomic mass is 35.5. The summed E-state index contributed by atoms with van der Waals surface area (Å²) < 4.78 is 13.7. The molecule has 1 aliphatic heterocycles. The Kier molecular flexibility index (Phi) is 7.34. The van der Waals surface area contributed by atoms with Gasteiger partial charge in [-0.1, -0.05) is 17.7 Å². The molecule has 7 nitrogen and oxygen atoms in total. The fourth-order valence-corrected chi connectivity index (χ4v) is 5.30. The van der Waals surface area contributed by atoms with Gasteiger partial charge in [0.2, 0.25) is 5.95 Å². The standard InChI is InChI=1S/C27H30ClFN6O/c1-30-26(36)22-15-19(29)7-11-24(22)33-25-23(28)16-31-27(34-25)32-20-8-4-17-5-9-21(10-6-18(17)14-20)35-12-2-3-13-35/h4,7-8,11,14-16,21H,2-3,5-6,9-10,12-13H2,1H3,(H,30,36)(H2,31,32,33,34)/t21-/m0/s1. The predicted octanol–water partition coefficient (Wildman–Crippen LogP) is 5.46. The number of aromatic nitrogens is 2. The number of carbonyl (C=O) groups is 1. The summed E-state index contributed by atoms with van der Waals surface area (Å²) in [6, 6.07) is 11.0. The van der Waals surface area contributed by atoms with E-state index in [4.69, 9.17) is 11.6 Å². The molecule has 0 saturated carbocycles. The van der Waals surface area contributed by atoms with E-state index in [1.54, 1.807) is 0 Å². The van der Waals surface area contributed by atoms with Crippen LogP contribution in [0.15, 0.2) is 42.6 Å². The molecule has 0 unspecified atom stereocenters. The first-order chi connectivity index (χ1) is 17.5. The number of likely N-dealkylation sites (tertiary alicyclic amines) is 1. The number of nitrogens with one attached hydrogen (secondary N) is 3. The smallest absolute Gasteiger partial charge is 0.253 e. The molecular weight excluding hydrogens is 479 g/mol. The van der Waals surface area contributed by atoms with E-state index in [-0.39, 0.29) is 10.6 Å². The maximum atomic E-state index is 13.7. The van der Waals surface area contributed by atoms with Crippen LogP contribution in [0.3, 0.4) is 0 Å². The molecule has 3 N–H and O–H groups in total. The molecule has 0 bridgehead atoms. The molecule has 5 rings (SSSR count). The van der Waals surface area contributed by atoms with Crippen LogP contribution in [0.1, 0.15) is 47.2 Å². The first-order valence-corrected chi connectivity index (χ1v) is 12.8. The third-order valence-electron chi connectivity index (χ3n) is 7.06. The first kappa shape index (κ1) is 24.5. The minimum atomic E-state index is -0.509. The molecule has 2 aromatic carbocycles. The Labute approximate surface area is 215 Å². The Balaban J connectivity index is 1.32. The van der Waals surface area contributed by atoms with Crippen molar-refractivity contribution < 1.29 is 9.18 Å². The number of rotatable bonds is 6. The van der Waals surface area contributed by atoms with Crippen molar-refractivity contribution in [2.45, 2.75) is 44.6 Å². The average molecular weight is 509 g/mol. The molecule has 2 aliphatic rings. The average Bonchev–Trinajstić information content (AvgIpc) is 3.34. The monoisotopic (exact) mass is 508 g/mol. The lowest BCUT2D eigenvalue weighted by atomic mass is 10.0. The van der Waals surface area contributed by atoms with Gasteiger partial charge >= 0.3 is 0 Å². The Bertz CT molecular complexity index is 1260. The summed E-state index contributed by atoms with van der Waals surface area (Å²) in [6.07, 6.45) is 8.71. The number of carbonyl (C=O) groups excluding carboxylic acids is 1. The number of nitrogens with zero attached hydrogens (tertiary/aromatic N) is 3. The molecule has 2 heterocycles. The minimum Gasteiger partial charge on any atom is -0.355 e. The van der Waals surface area contributed by atoms with Gasteiger partial charge in [-0.05, 0) is 93.1 Å². The number of anilines is 4. The van der Waals surface area contributed by atoms with Crippen LogP contribution < -0.4 is 16.0 Å². The van der Waals surface area contributed by atoms with Gasteiger partial charge in [-0.3, -0.25) is 4.79 Å². The maximum absolute atomic E-state index is 13.7. The normalized spacial score (nSPS) is 17.8. The van der Waals surface area contributed by atoms with Gasteiger partial charge in [-0.25, -0.2) is 9.37 Å². The van der Waals surface area contributed by atoms with E-state index in [0.29, 0.717) is 23.5 Å². The molecule has 1 atom stereocenters. The Morgan fingerprint density at radius 2 is 1.83 bits per heavy atom. The van der Waals surface area contributed by atoms with E-state index in [0.717, 1.165) is 18.5 Å². The van der Waals surface area contributed by atoms with Crippen molar-refractivity contribution >= 4 is 40.6 Å². The number of halogens is 2. The molecule has 1 aromatic heterocycles. The second-order valence-electron chi connectivity index (χ2n) is 9.37. The zero-order valence-corrected chi connectivity index (χ0v) is 21.0. The van der Waals surface area contributed by atoms with Crippen LogP contribution in [-0.4, -0.2) is 47.0 Å². The van der Waals surface area contributed by atoms with Crippen LogP contribution in [0.4, 0.5) is 27.5 Å². The fourth-order valence-electron chi connectivity index (χ4n) is 5.16. The van der Waals surface area contributed by atoms with Gasteiger partial charge in [0.25, 0.3) is 5.91 Å². The zero-order chi connectivity index (χ0) is 25.1. The van der Waals surface area contributed by atoms with Crippen LogP contribution in [0.5, 0.6) is 0 Å². The molecule has 36 heavy (non-hydrogen) atoms. The Morgan fingerprint density at radius 1 is 1.06 bits per heavy atom. The molecule has 1 saturated heterocycles. The van der Waals surface area contributed by atoms with Crippen molar-refractivity contribution in [3.05, 3.63) is 70.1 Å². The molecule has 0 radical (unpaired) electrons. The third-order valence-corrected chi connectivity index (χ3v) is 7.34. The van der Waals surface area contributed by atoms with Gasteiger partial charge in [0.05, 0.1) is 17.4 Å². The first-order valence-electron chi connectivity index (χ1n) is 12.4.